The average molecular weight is 399 g/mol. The molecule has 0 N–H and O–H groups in total. The minimum Gasteiger partial charge on any atom is -0.378 e. The highest BCUT2D eigenvalue weighted by atomic mass is 79.9. The molecule has 0 radical (unpaired) electrons. The van der Waals surface area contributed by atoms with Gasteiger partial charge in [0.1, 0.15) is 11.4 Å². The van der Waals surface area contributed by atoms with Crippen LogP contribution < -0.4 is 0 Å². The highest BCUT2D eigenvalue weighted by Crippen LogP contribution is 2.42. The van der Waals surface area contributed by atoms with Gasteiger partial charge in [0.25, 0.3) is 0 Å². The summed E-state index contributed by atoms with van der Waals surface area (Å²) in [5.41, 5.74) is 1.05. The summed E-state index contributed by atoms with van der Waals surface area (Å²) in [6.45, 7) is 3.89. The van der Waals surface area contributed by atoms with Gasteiger partial charge in [0.15, 0.2) is 0 Å². The van der Waals surface area contributed by atoms with Crippen molar-refractivity contribution in [1.29, 1.82) is 0 Å². The molecular formula is C16H19BrN2O3S. The molecule has 5 nitrogen and oxygen atoms in total. The van der Waals surface area contributed by atoms with E-state index < -0.39 is 0 Å². The minimum absolute atomic E-state index is 0.0376. The first kappa shape index (κ1) is 16.8. The number of thioether (sulfide) groups is 1. The van der Waals surface area contributed by atoms with Crippen LogP contribution in [0.5, 0.6) is 0 Å². The van der Waals surface area contributed by atoms with Crippen LogP contribution in [-0.4, -0.2) is 59.7 Å². The van der Waals surface area contributed by atoms with Crippen molar-refractivity contribution in [3.63, 3.8) is 0 Å². The average Bonchev–Trinajstić information content (AvgIpc) is 3.01. The Labute approximate surface area is 148 Å². The van der Waals surface area contributed by atoms with E-state index in [1.165, 1.54) is 6.92 Å². The molecular weight excluding hydrogens is 380 g/mol. The van der Waals surface area contributed by atoms with E-state index in [0.29, 0.717) is 32.1 Å². The fraction of sp³-hybridized carbons (Fsp3) is 0.500. The van der Waals surface area contributed by atoms with Gasteiger partial charge in [-0.25, -0.2) is 0 Å². The monoisotopic (exact) mass is 398 g/mol. The number of hydrogen-bond donors (Lipinski definition) is 0. The van der Waals surface area contributed by atoms with Gasteiger partial charge in [-0.2, -0.15) is 0 Å². The Bertz CT molecular complexity index is 589. The van der Waals surface area contributed by atoms with Gasteiger partial charge in [-0.15, -0.1) is 11.8 Å². The van der Waals surface area contributed by atoms with Crippen molar-refractivity contribution in [2.24, 2.45) is 0 Å². The molecule has 0 saturated carbocycles. The molecule has 7 heteroatoms. The predicted octanol–water partition coefficient (Wildman–Crippen LogP) is 2.27. The van der Waals surface area contributed by atoms with Gasteiger partial charge in [0, 0.05) is 30.2 Å². The Balaban J connectivity index is 1.80. The molecule has 2 atom stereocenters. The zero-order chi connectivity index (χ0) is 16.4. The molecule has 1 aromatic carbocycles. The molecule has 2 aliphatic heterocycles. The lowest BCUT2D eigenvalue weighted by atomic mass is 10.1. The summed E-state index contributed by atoms with van der Waals surface area (Å²) in [5.74, 6) is 0.612. The highest BCUT2D eigenvalue weighted by molar-refractivity contribution is 9.10. The fourth-order valence-electron chi connectivity index (χ4n) is 2.96. The second kappa shape index (κ2) is 7.23. The number of benzene rings is 1. The molecule has 2 amide bonds. The fourth-order valence-corrected chi connectivity index (χ4v) is 4.70. The smallest absolute Gasteiger partial charge is 0.246 e. The van der Waals surface area contributed by atoms with Gasteiger partial charge in [-0.3, -0.25) is 9.59 Å². The van der Waals surface area contributed by atoms with Gasteiger partial charge < -0.3 is 14.5 Å². The lowest BCUT2D eigenvalue weighted by molar-refractivity contribution is -0.146. The quantitative estimate of drug-likeness (QED) is 0.766. The molecule has 3 rings (SSSR count). The lowest BCUT2D eigenvalue weighted by Crippen LogP contribution is -2.52. The molecule has 2 saturated heterocycles. The summed E-state index contributed by atoms with van der Waals surface area (Å²) in [6, 6.07) is 7.54. The van der Waals surface area contributed by atoms with E-state index in [1.807, 2.05) is 29.2 Å². The number of halogens is 1. The van der Waals surface area contributed by atoms with Crippen molar-refractivity contribution in [3.8, 4) is 0 Å². The molecule has 0 aromatic heterocycles. The summed E-state index contributed by atoms with van der Waals surface area (Å²) in [7, 11) is 0. The Morgan fingerprint density at radius 3 is 2.48 bits per heavy atom. The number of nitrogens with zero attached hydrogens (tertiary/aromatic N) is 2. The standard InChI is InChI=1S/C16H19BrN2O3S/c1-11(20)19-14(15(21)18-6-8-22-9-7-18)10-23-16(19)12-2-4-13(17)5-3-12/h2-5,14,16H,6-10H2,1H3. The van der Waals surface area contributed by atoms with Crippen molar-refractivity contribution in [3.05, 3.63) is 34.3 Å². The first-order chi connectivity index (χ1) is 11.1. The van der Waals surface area contributed by atoms with Crippen molar-refractivity contribution >= 4 is 39.5 Å². The number of rotatable bonds is 2. The zero-order valence-electron chi connectivity index (χ0n) is 12.9. The second-order valence-electron chi connectivity index (χ2n) is 5.62. The number of amides is 2. The van der Waals surface area contributed by atoms with Crippen LogP contribution >= 0.6 is 27.7 Å². The SMILES string of the molecule is CC(=O)N1C(C(=O)N2CCOCC2)CSC1c1ccc(Br)cc1. The largest absolute Gasteiger partial charge is 0.378 e. The Kier molecular flexibility index (Phi) is 5.28. The molecule has 2 unspecified atom stereocenters. The molecule has 2 aliphatic rings. The van der Waals surface area contributed by atoms with E-state index >= 15 is 0 Å². The van der Waals surface area contributed by atoms with E-state index in [-0.39, 0.29) is 23.2 Å². The highest BCUT2D eigenvalue weighted by Gasteiger charge is 2.42. The third-order valence-electron chi connectivity index (χ3n) is 4.13. The van der Waals surface area contributed by atoms with Gasteiger partial charge in [0.05, 0.1) is 13.2 Å². The van der Waals surface area contributed by atoms with Crippen molar-refractivity contribution < 1.29 is 14.3 Å². The van der Waals surface area contributed by atoms with Gasteiger partial charge in [-0.05, 0) is 17.7 Å². The molecule has 0 bridgehead atoms. The lowest BCUT2D eigenvalue weighted by Gasteiger charge is -2.33. The summed E-state index contributed by atoms with van der Waals surface area (Å²) in [6.07, 6.45) is 0. The molecule has 124 valence electrons. The summed E-state index contributed by atoms with van der Waals surface area (Å²) in [4.78, 5) is 28.5. The van der Waals surface area contributed by atoms with Crippen LogP contribution in [0.3, 0.4) is 0 Å². The maximum absolute atomic E-state index is 12.8. The molecule has 1 aromatic rings. The van der Waals surface area contributed by atoms with Crippen molar-refractivity contribution in [2.75, 3.05) is 32.1 Å². The summed E-state index contributed by atoms with van der Waals surface area (Å²) < 4.78 is 6.30. The van der Waals surface area contributed by atoms with Crippen LogP contribution in [0.2, 0.25) is 0 Å². The first-order valence-electron chi connectivity index (χ1n) is 7.60. The minimum atomic E-state index is -0.385. The third-order valence-corrected chi connectivity index (χ3v) is 5.98. The number of carbonyl (C=O) groups excluding carboxylic acids is 2. The maximum atomic E-state index is 12.8. The summed E-state index contributed by atoms with van der Waals surface area (Å²) >= 11 is 5.07. The summed E-state index contributed by atoms with van der Waals surface area (Å²) in [5, 5.41) is -0.101. The van der Waals surface area contributed by atoms with Crippen LogP contribution in [-0.2, 0) is 14.3 Å². The van der Waals surface area contributed by atoms with E-state index in [9.17, 15) is 9.59 Å². The topological polar surface area (TPSA) is 49.9 Å². The number of hydrogen-bond acceptors (Lipinski definition) is 4. The Morgan fingerprint density at radius 2 is 1.87 bits per heavy atom. The Hall–Kier alpha value is -1.05. The van der Waals surface area contributed by atoms with E-state index in [1.54, 1.807) is 16.7 Å². The van der Waals surface area contributed by atoms with E-state index in [4.69, 9.17) is 4.74 Å². The van der Waals surface area contributed by atoms with Gasteiger partial charge in [0.2, 0.25) is 11.8 Å². The molecule has 2 fully saturated rings. The first-order valence-corrected chi connectivity index (χ1v) is 9.44. The van der Waals surface area contributed by atoms with Crippen LogP contribution in [0.15, 0.2) is 28.7 Å². The predicted molar refractivity (Wildman–Crippen MR) is 93.0 cm³/mol. The normalized spacial score (nSPS) is 24.8. The van der Waals surface area contributed by atoms with Crippen LogP contribution in [0.1, 0.15) is 17.9 Å². The van der Waals surface area contributed by atoms with Crippen LogP contribution in [0.4, 0.5) is 0 Å². The van der Waals surface area contributed by atoms with E-state index in [0.717, 1.165) is 10.0 Å². The number of morpholine rings is 1. The second-order valence-corrected chi connectivity index (χ2v) is 7.65. The van der Waals surface area contributed by atoms with Crippen molar-refractivity contribution in [1.82, 2.24) is 9.80 Å². The van der Waals surface area contributed by atoms with Gasteiger partial charge in [-0.1, -0.05) is 28.1 Å². The third kappa shape index (κ3) is 3.56. The molecule has 2 heterocycles. The molecule has 0 aliphatic carbocycles. The van der Waals surface area contributed by atoms with Crippen LogP contribution in [0, 0.1) is 0 Å². The van der Waals surface area contributed by atoms with Crippen molar-refractivity contribution in [2.45, 2.75) is 18.3 Å². The van der Waals surface area contributed by atoms with E-state index in [2.05, 4.69) is 15.9 Å². The maximum Gasteiger partial charge on any atom is 0.246 e. The Morgan fingerprint density at radius 1 is 1.22 bits per heavy atom. The molecule has 0 spiro atoms. The van der Waals surface area contributed by atoms with Gasteiger partial charge >= 0.3 is 0 Å². The number of carbonyl (C=O) groups is 2. The zero-order valence-corrected chi connectivity index (χ0v) is 15.3. The molecule has 23 heavy (non-hydrogen) atoms. The van der Waals surface area contributed by atoms with Crippen LogP contribution in [0.25, 0.3) is 0 Å². The number of ether oxygens (including phenoxy) is 1.